The predicted molar refractivity (Wildman–Crippen MR) is 36.0 cm³/mol. The lowest BCUT2D eigenvalue weighted by atomic mass is 10.3. The first-order chi connectivity index (χ1) is 4.34. The van der Waals surface area contributed by atoms with Crippen molar-refractivity contribution in [3.63, 3.8) is 0 Å². The molecule has 1 heterocycles. The number of nitrogens with two attached hydrogens (primary N) is 1. The van der Waals surface area contributed by atoms with Gasteiger partial charge in [-0.2, -0.15) is 5.10 Å². The normalized spacial score (nSPS) is 13.6. The molecule has 1 aromatic rings. The minimum Gasteiger partial charge on any atom is -0.328 e. The standard InChI is InChI=1S/C6H11N3/c1-6(5-7)9-4-2-3-8-9/h2-4,6H,5,7H2,1H3/t6-/m1/s1. The van der Waals surface area contributed by atoms with Gasteiger partial charge in [0.15, 0.2) is 0 Å². The Morgan fingerprint density at radius 3 is 3.00 bits per heavy atom. The largest absolute Gasteiger partial charge is 0.328 e. The molecule has 0 saturated heterocycles. The molecule has 0 saturated carbocycles. The molecule has 0 unspecified atom stereocenters. The Kier molecular flexibility index (Phi) is 1.85. The van der Waals surface area contributed by atoms with Crippen LogP contribution in [0.4, 0.5) is 0 Å². The molecule has 0 aromatic carbocycles. The number of nitrogens with zero attached hydrogens (tertiary/aromatic N) is 2. The van der Waals surface area contributed by atoms with Crippen molar-refractivity contribution in [2.45, 2.75) is 13.0 Å². The zero-order chi connectivity index (χ0) is 6.69. The number of rotatable bonds is 2. The summed E-state index contributed by atoms with van der Waals surface area (Å²) in [6.45, 7) is 2.68. The Morgan fingerprint density at radius 1 is 1.78 bits per heavy atom. The minimum atomic E-state index is 0.319. The number of aromatic nitrogens is 2. The van der Waals surface area contributed by atoms with Gasteiger partial charge in [0.25, 0.3) is 0 Å². The van der Waals surface area contributed by atoms with Gasteiger partial charge in [0.2, 0.25) is 0 Å². The molecule has 50 valence electrons. The van der Waals surface area contributed by atoms with Crippen LogP contribution in [0.1, 0.15) is 13.0 Å². The molecule has 0 fully saturated rings. The molecule has 0 spiro atoms. The van der Waals surface area contributed by atoms with Crippen LogP contribution in [-0.2, 0) is 0 Å². The summed E-state index contributed by atoms with van der Waals surface area (Å²) in [5, 5.41) is 4.02. The Balaban J connectivity index is 2.65. The SMILES string of the molecule is C[C@H](CN)n1cccn1. The van der Waals surface area contributed by atoms with Gasteiger partial charge in [-0.05, 0) is 13.0 Å². The van der Waals surface area contributed by atoms with Gasteiger partial charge >= 0.3 is 0 Å². The van der Waals surface area contributed by atoms with E-state index in [1.54, 1.807) is 6.20 Å². The van der Waals surface area contributed by atoms with Crippen LogP contribution in [0.5, 0.6) is 0 Å². The second kappa shape index (κ2) is 2.64. The Hall–Kier alpha value is -0.830. The van der Waals surface area contributed by atoms with Crippen molar-refractivity contribution in [1.82, 2.24) is 9.78 Å². The second-order valence-electron chi connectivity index (χ2n) is 2.07. The van der Waals surface area contributed by atoms with Gasteiger partial charge in [0.05, 0.1) is 6.04 Å². The number of hydrogen-bond acceptors (Lipinski definition) is 2. The van der Waals surface area contributed by atoms with Gasteiger partial charge in [0, 0.05) is 18.9 Å². The van der Waals surface area contributed by atoms with Gasteiger partial charge in [-0.15, -0.1) is 0 Å². The Morgan fingerprint density at radius 2 is 2.56 bits per heavy atom. The van der Waals surface area contributed by atoms with E-state index in [0.717, 1.165) is 0 Å². The van der Waals surface area contributed by atoms with Gasteiger partial charge in [-0.3, -0.25) is 4.68 Å². The van der Waals surface area contributed by atoms with E-state index in [2.05, 4.69) is 5.10 Å². The van der Waals surface area contributed by atoms with Gasteiger partial charge in [-0.1, -0.05) is 0 Å². The van der Waals surface area contributed by atoms with Crippen LogP contribution < -0.4 is 5.73 Å². The number of hydrogen-bond donors (Lipinski definition) is 1. The maximum absolute atomic E-state index is 5.40. The van der Waals surface area contributed by atoms with Crippen molar-refractivity contribution in [3.8, 4) is 0 Å². The fourth-order valence-corrected chi connectivity index (χ4v) is 0.649. The molecule has 0 bridgehead atoms. The van der Waals surface area contributed by atoms with Crippen LogP contribution in [0.25, 0.3) is 0 Å². The summed E-state index contributed by atoms with van der Waals surface area (Å²) in [4.78, 5) is 0. The van der Waals surface area contributed by atoms with Crippen molar-refractivity contribution in [3.05, 3.63) is 18.5 Å². The summed E-state index contributed by atoms with van der Waals surface area (Å²) < 4.78 is 1.85. The molecular weight excluding hydrogens is 114 g/mol. The lowest BCUT2D eigenvalue weighted by Gasteiger charge is -2.06. The summed E-state index contributed by atoms with van der Waals surface area (Å²) in [7, 11) is 0. The predicted octanol–water partition coefficient (Wildman–Crippen LogP) is 0.403. The highest BCUT2D eigenvalue weighted by molar-refractivity contribution is 4.80. The molecule has 3 nitrogen and oxygen atoms in total. The van der Waals surface area contributed by atoms with Gasteiger partial charge < -0.3 is 5.73 Å². The van der Waals surface area contributed by atoms with Crippen molar-refractivity contribution in [2.24, 2.45) is 5.73 Å². The summed E-state index contributed by atoms with van der Waals surface area (Å²) in [6.07, 6.45) is 3.67. The van der Waals surface area contributed by atoms with E-state index in [1.165, 1.54) is 0 Å². The molecule has 0 aliphatic rings. The smallest absolute Gasteiger partial charge is 0.0613 e. The molecule has 2 N–H and O–H groups in total. The van der Waals surface area contributed by atoms with Crippen LogP contribution in [0.15, 0.2) is 18.5 Å². The zero-order valence-electron chi connectivity index (χ0n) is 5.49. The van der Waals surface area contributed by atoms with Crippen molar-refractivity contribution in [2.75, 3.05) is 6.54 Å². The highest BCUT2D eigenvalue weighted by Gasteiger charge is 1.97. The fourth-order valence-electron chi connectivity index (χ4n) is 0.649. The molecule has 0 aliphatic heterocycles. The van der Waals surface area contributed by atoms with Crippen molar-refractivity contribution >= 4 is 0 Å². The summed E-state index contributed by atoms with van der Waals surface area (Å²) in [5.41, 5.74) is 5.40. The molecule has 0 aliphatic carbocycles. The molecule has 1 aromatic heterocycles. The monoisotopic (exact) mass is 125 g/mol. The van der Waals surface area contributed by atoms with E-state index >= 15 is 0 Å². The van der Waals surface area contributed by atoms with E-state index in [4.69, 9.17) is 5.73 Å². The Bertz CT molecular complexity index is 157. The third-order valence-electron chi connectivity index (χ3n) is 1.32. The van der Waals surface area contributed by atoms with Gasteiger partial charge in [-0.25, -0.2) is 0 Å². The molecular formula is C6H11N3. The first-order valence-corrected chi connectivity index (χ1v) is 3.04. The zero-order valence-corrected chi connectivity index (χ0v) is 5.49. The maximum Gasteiger partial charge on any atom is 0.0613 e. The molecule has 3 heteroatoms. The summed E-state index contributed by atoms with van der Waals surface area (Å²) >= 11 is 0. The third kappa shape index (κ3) is 1.29. The summed E-state index contributed by atoms with van der Waals surface area (Å²) in [5.74, 6) is 0. The van der Waals surface area contributed by atoms with E-state index in [0.29, 0.717) is 12.6 Å². The lowest BCUT2D eigenvalue weighted by molar-refractivity contribution is 0.501. The first kappa shape index (κ1) is 6.29. The van der Waals surface area contributed by atoms with Crippen LogP contribution in [0.3, 0.4) is 0 Å². The molecule has 9 heavy (non-hydrogen) atoms. The van der Waals surface area contributed by atoms with Crippen molar-refractivity contribution in [1.29, 1.82) is 0 Å². The topological polar surface area (TPSA) is 43.8 Å². The molecule has 0 radical (unpaired) electrons. The fraction of sp³-hybridized carbons (Fsp3) is 0.500. The quantitative estimate of drug-likeness (QED) is 0.622. The van der Waals surface area contributed by atoms with E-state index in [1.807, 2.05) is 23.9 Å². The first-order valence-electron chi connectivity index (χ1n) is 3.04. The third-order valence-corrected chi connectivity index (χ3v) is 1.32. The van der Waals surface area contributed by atoms with Crippen LogP contribution >= 0.6 is 0 Å². The van der Waals surface area contributed by atoms with Crippen molar-refractivity contribution < 1.29 is 0 Å². The van der Waals surface area contributed by atoms with E-state index in [9.17, 15) is 0 Å². The Labute approximate surface area is 54.5 Å². The minimum absolute atomic E-state index is 0.319. The molecule has 1 rings (SSSR count). The highest BCUT2D eigenvalue weighted by atomic mass is 15.3. The van der Waals surface area contributed by atoms with Crippen LogP contribution in [0, 0.1) is 0 Å². The molecule has 0 amide bonds. The van der Waals surface area contributed by atoms with Crippen LogP contribution in [0.2, 0.25) is 0 Å². The maximum atomic E-state index is 5.40. The second-order valence-corrected chi connectivity index (χ2v) is 2.07. The van der Waals surface area contributed by atoms with Crippen LogP contribution in [-0.4, -0.2) is 16.3 Å². The average Bonchev–Trinajstić information content (AvgIpc) is 2.37. The van der Waals surface area contributed by atoms with Gasteiger partial charge in [0.1, 0.15) is 0 Å². The van der Waals surface area contributed by atoms with E-state index in [-0.39, 0.29) is 0 Å². The van der Waals surface area contributed by atoms with E-state index < -0.39 is 0 Å². The lowest BCUT2D eigenvalue weighted by Crippen LogP contribution is -2.15. The molecule has 1 atom stereocenters. The highest BCUT2D eigenvalue weighted by Crippen LogP contribution is 1.98. The summed E-state index contributed by atoms with van der Waals surface area (Å²) in [6, 6.07) is 2.21. The average molecular weight is 125 g/mol.